The third-order valence-corrected chi connectivity index (χ3v) is 6.03. The van der Waals surface area contributed by atoms with Gasteiger partial charge in [0.15, 0.2) is 15.9 Å². The Kier molecular flexibility index (Phi) is 7.45. The number of alkyl halides is 2. The molecule has 150 valence electrons. The second-order valence-electron chi connectivity index (χ2n) is 5.64. The van der Waals surface area contributed by atoms with Gasteiger partial charge in [-0.1, -0.05) is 24.3 Å². The summed E-state index contributed by atoms with van der Waals surface area (Å²) in [5.74, 6) is -2.97. The number of amides is 1. The average molecular weight is 430 g/mol. The van der Waals surface area contributed by atoms with Crippen molar-refractivity contribution < 1.29 is 31.8 Å². The molecule has 0 radical (unpaired) electrons. The molecule has 0 aliphatic carbocycles. The molecule has 2 aromatic rings. The maximum atomic E-state index is 12.4. The van der Waals surface area contributed by atoms with Crippen LogP contribution in [0.1, 0.15) is 16.5 Å². The number of hydrogen-bond donors (Lipinski definition) is 2. The number of benzene rings is 1. The molecule has 7 nitrogen and oxygen atoms in total. The predicted molar refractivity (Wildman–Crippen MR) is 97.4 cm³/mol. The van der Waals surface area contributed by atoms with Crippen molar-refractivity contribution in [1.29, 1.82) is 5.26 Å². The molecule has 1 unspecified atom stereocenters. The van der Waals surface area contributed by atoms with E-state index in [9.17, 15) is 27.1 Å². The topological polar surface area (TPSA) is 116 Å². The summed E-state index contributed by atoms with van der Waals surface area (Å²) in [6.07, 6.45) is -1.93. The lowest BCUT2D eigenvalue weighted by atomic mass is 10.2. The smallest absolute Gasteiger partial charge is 0.387 e. The molecule has 2 rings (SSSR count). The Labute approximate surface area is 164 Å². The van der Waals surface area contributed by atoms with Gasteiger partial charge in [0.1, 0.15) is 11.9 Å². The molecular weight excluding hydrogens is 414 g/mol. The fourth-order valence-electron chi connectivity index (χ4n) is 2.31. The van der Waals surface area contributed by atoms with Gasteiger partial charge < -0.3 is 15.2 Å². The van der Waals surface area contributed by atoms with Gasteiger partial charge in [-0.2, -0.15) is 14.0 Å². The van der Waals surface area contributed by atoms with Gasteiger partial charge >= 0.3 is 6.61 Å². The second-order valence-corrected chi connectivity index (χ2v) is 8.73. The van der Waals surface area contributed by atoms with Crippen molar-refractivity contribution >= 4 is 27.1 Å². The Morgan fingerprint density at radius 1 is 1.29 bits per heavy atom. The van der Waals surface area contributed by atoms with E-state index in [-0.39, 0.29) is 11.3 Å². The van der Waals surface area contributed by atoms with Gasteiger partial charge in [0, 0.05) is 10.4 Å². The SMILES string of the molecule is N#CC(NC(=O)[C@@H](O)CS(=O)(=O)Cc1ccccc1OC(F)F)c1cccs1. The number of sulfone groups is 1. The Balaban J connectivity index is 2.03. The first-order valence-corrected chi connectivity index (χ1v) is 10.6. The molecule has 0 aliphatic rings. The number of nitrogens with zero attached hydrogens (tertiary/aromatic N) is 1. The average Bonchev–Trinajstić information content (AvgIpc) is 3.14. The first-order chi connectivity index (χ1) is 13.2. The summed E-state index contributed by atoms with van der Waals surface area (Å²) in [5, 5.41) is 23.0. The molecule has 0 spiro atoms. The molecule has 0 aliphatic heterocycles. The Morgan fingerprint density at radius 3 is 2.61 bits per heavy atom. The quantitative estimate of drug-likeness (QED) is 0.629. The molecule has 28 heavy (non-hydrogen) atoms. The summed E-state index contributed by atoms with van der Waals surface area (Å²) in [6.45, 7) is -3.12. The van der Waals surface area contributed by atoms with Crippen molar-refractivity contribution in [2.24, 2.45) is 0 Å². The number of halogens is 2. The van der Waals surface area contributed by atoms with Crippen molar-refractivity contribution in [1.82, 2.24) is 5.32 Å². The Hall–Kier alpha value is -2.55. The van der Waals surface area contributed by atoms with Crippen molar-refractivity contribution in [2.75, 3.05) is 5.75 Å². The zero-order chi connectivity index (χ0) is 20.7. The van der Waals surface area contributed by atoms with Crippen LogP contribution < -0.4 is 10.1 Å². The number of ether oxygens (including phenoxy) is 1. The second kappa shape index (κ2) is 9.59. The van der Waals surface area contributed by atoms with E-state index in [1.54, 1.807) is 17.5 Å². The van der Waals surface area contributed by atoms with Crippen LogP contribution in [-0.2, 0) is 20.4 Å². The molecular formula is C17H16F2N2O5S2. The minimum atomic E-state index is -4.05. The van der Waals surface area contributed by atoms with Crippen molar-refractivity contribution in [3.8, 4) is 11.8 Å². The number of nitriles is 1. The highest BCUT2D eigenvalue weighted by molar-refractivity contribution is 7.90. The maximum Gasteiger partial charge on any atom is 0.387 e. The number of rotatable bonds is 9. The number of aliphatic hydroxyl groups is 1. The van der Waals surface area contributed by atoms with Crippen LogP contribution in [0.15, 0.2) is 41.8 Å². The zero-order valence-corrected chi connectivity index (χ0v) is 15.9. The van der Waals surface area contributed by atoms with Gasteiger partial charge in [-0.05, 0) is 17.5 Å². The monoisotopic (exact) mass is 430 g/mol. The molecule has 0 fully saturated rings. The predicted octanol–water partition coefficient (Wildman–Crippen LogP) is 2.01. The molecule has 1 amide bonds. The molecule has 0 saturated heterocycles. The number of hydrogen-bond acceptors (Lipinski definition) is 7. The fourth-order valence-corrected chi connectivity index (χ4v) is 4.49. The van der Waals surface area contributed by atoms with Crippen LogP contribution in [0.2, 0.25) is 0 Å². The van der Waals surface area contributed by atoms with Crippen molar-refractivity contribution in [3.63, 3.8) is 0 Å². The molecule has 11 heteroatoms. The lowest BCUT2D eigenvalue weighted by Crippen LogP contribution is -2.40. The number of thiophene rings is 1. The molecule has 1 heterocycles. The van der Waals surface area contributed by atoms with E-state index in [2.05, 4.69) is 10.1 Å². The van der Waals surface area contributed by atoms with E-state index in [1.807, 2.05) is 6.07 Å². The summed E-state index contributed by atoms with van der Waals surface area (Å²) in [6, 6.07) is 9.46. The maximum absolute atomic E-state index is 12.4. The highest BCUT2D eigenvalue weighted by atomic mass is 32.2. The van der Waals surface area contributed by atoms with Gasteiger partial charge in [-0.3, -0.25) is 4.79 Å². The lowest BCUT2D eigenvalue weighted by molar-refractivity contribution is -0.128. The Bertz CT molecular complexity index is 943. The third-order valence-electron chi connectivity index (χ3n) is 3.52. The summed E-state index contributed by atoms with van der Waals surface area (Å²) >= 11 is 1.22. The lowest BCUT2D eigenvalue weighted by Gasteiger charge is -2.15. The zero-order valence-electron chi connectivity index (χ0n) is 14.3. The van der Waals surface area contributed by atoms with E-state index in [1.165, 1.54) is 35.6 Å². The number of nitrogens with one attached hydrogen (secondary N) is 1. The first kappa shape index (κ1) is 21.7. The van der Waals surface area contributed by atoms with E-state index < -0.39 is 46.0 Å². The number of carbonyl (C=O) groups is 1. The summed E-state index contributed by atoms with van der Waals surface area (Å²) in [7, 11) is -4.05. The third kappa shape index (κ3) is 6.26. The Morgan fingerprint density at radius 2 is 2.00 bits per heavy atom. The summed E-state index contributed by atoms with van der Waals surface area (Å²) in [4.78, 5) is 12.6. The van der Waals surface area contributed by atoms with Crippen LogP contribution in [0.25, 0.3) is 0 Å². The summed E-state index contributed by atoms with van der Waals surface area (Å²) in [5.41, 5.74) is -0.0242. The van der Waals surface area contributed by atoms with Crippen LogP contribution >= 0.6 is 11.3 Å². The minimum Gasteiger partial charge on any atom is -0.435 e. The molecule has 1 aromatic carbocycles. The van der Waals surface area contributed by atoms with E-state index in [0.717, 1.165) is 0 Å². The number of para-hydroxylation sites is 1. The molecule has 0 bridgehead atoms. The van der Waals surface area contributed by atoms with Crippen LogP contribution in [0.5, 0.6) is 5.75 Å². The largest absolute Gasteiger partial charge is 0.435 e. The minimum absolute atomic E-state index is 0.0242. The van der Waals surface area contributed by atoms with E-state index >= 15 is 0 Å². The van der Waals surface area contributed by atoms with Gasteiger partial charge in [0.05, 0.1) is 17.6 Å². The van der Waals surface area contributed by atoms with Gasteiger partial charge in [0.2, 0.25) is 0 Å². The fraction of sp³-hybridized carbons (Fsp3) is 0.294. The van der Waals surface area contributed by atoms with E-state index in [4.69, 9.17) is 5.26 Å². The first-order valence-electron chi connectivity index (χ1n) is 7.86. The van der Waals surface area contributed by atoms with Crippen LogP contribution in [0.4, 0.5) is 8.78 Å². The molecule has 2 N–H and O–H groups in total. The molecule has 2 atom stereocenters. The standard InChI is InChI=1S/C17H16F2N2O5S2/c18-17(19)26-14-5-2-1-4-11(14)9-28(24,25)10-13(22)16(23)21-12(8-20)15-6-3-7-27-15/h1-7,12-13,17,22H,9-10H2,(H,21,23)/t12?,13-/m0/s1. The van der Waals surface area contributed by atoms with E-state index in [0.29, 0.717) is 4.88 Å². The molecule has 1 aromatic heterocycles. The van der Waals surface area contributed by atoms with Crippen LogP contribution in [0.3, 0.4) is 0 Å². The van der Waals surface area contributed by atoms with Gasteiger partial charge in [0.25, 0.3) is 5.91 Å². The van der Waals surface area contributed by atoms with Crippen LogP contribution in [0, 0.1) is 11.3 Å². The van der Waals surface area contributed by atoms with Crippen molar-refractivity contribution in [3.05, 3.63) is 52.2 Å². The number of aliphatic hydroxyl groups excluding tert-OH is 1. The summed E-state index contributed by atoms with van der Waals surface area (Å²) < 4.78 is 53.7. The molecule has 0 saturated carbocycles. The number of carbonyl (C=O) groups excluding carboxylic acids is 1. The normalized spacial score (nSPS) is 13.5. The van der Waals surface area contributed by atoms with Crippen LogP contribution in [-0.4, -0.2) is 37.9 Å². The van der Waals surface area contributed by atoms with Crippen molar-refractivity contribution in [2.45, 2.75) is 24.5 Å². The highest BCUT2D eigenvalue weighted by Crippen LogP contribution is 2.23. The van der Waals surface area contributed by atoms with Gasteiger partial charge in [-0.25, -0.2) is 8.42 Å². The van der Waals surface area contributed by atoms with Gasteiger partial charge in [-0.15, -0.1) is 11.3 Å². The highest BCUT2D eigenvalue weighted by Gasteiger charge is 2.27.